The van der Waals surface area contributed by atoms with Gasteiger partial charge in [0.05, 0.1) is 16.9 Å². The molecule has 1 radical (unpaired) electrons. The maximum Gasteiger partial charge on any atom is 0.0774 e. The molecule has 3 heterocycles. The molecule has 3 nitrogen and oxygen atoms in total. The number of pyridine rings is 1. The summed E-state index contributed by atoms with van der Waals surface area (Å²) in [6, 6.07) is 57.1. The Balaban J connectivity index is 0.000000260. The van der Waals surface area contributed by atoms with Crippen LogP contribution in [0.5, 0.6) is 0 Å². The molecular weight excluding hydrogens is 987 g/mol. The molecule has 65 heavy (non-hydrogen) atoms. The summed E-state index contributed by atoms with van der Waals surface area (Å²) in [6.45, 7) is 7.77. The van der Waals surface area contributed by atoms with Crippen molar-refractivity contribution in [2.24, 2.45) is 5.92 Å². The summed E-state index contributed by atoms with van der Waals surface area (Å²) in [7, 11) is 0. The molecule has 0 atom stereocenters. The van der Waals surface area contributed by atoms with Gasteiger partial charge in [-0.1, -0.05) is 156 Å². The smallest absolute Gasteiger partial charge is 0.0774 e. The SMILES string of the molecule is [2H]C([2H])([2H])c1c[c-]c(-c2nc3ccccc3n2-c2c(C(C)C)cc(-c3ccccc3)cc2C(C)C)c2sc3cc(-c4ccccc4)ccc3c12.[2H]C([2H])([2H])c1cnc(-c2[c-]cccc2)cc1C([2H])([2H])C(C)C.[Ir]. The van der Waals surface area contributed by atoms with E-state index in [-0.39, 0.29) is 49.0 Å². The van der Waals surface area contributed by atoms with E-state index in [1.807, 2.05) is 42.5 Å². The van der Waals surface area contributed by atoms with E-state index in [1.54, 1.807) is 37.3 Å². The van der Waals surface area contributed by atoms with Crippen molar-refractivity contribution >= 4 is 42.5 Å². The van der Waals surface area contributed by atoms with Crippen molar-refractivity contribution in [2.75, 3.05) is 0 Å². The van der Waals surface area contributed by atoms with Crippen LogP contribution in [-0.4, -0.2) is 14.5 Å². The van der Waals surface area contributed by atoms with Gasteiger partial charge in [0.15, 0.2) is 0 Å². The molecule has 0 aliphatic carbocycles. The molecule has 0 bridgehead atoms. The van der Waals surface area contributed by atoms with E-state index in [9.17, 15) is 0 Å². The van der Waals surface area contributed by atoms with Crippen LogP contribution in [0.1, 0.15) is 92.2 Å². The number of benzene rings is 7. The van der Waals surface area contributed by atoms with E-state index >= 15 is 0 Å². The van der Waals surface area contributed by atoms with Crippen molar-refractivity contribution in [2.45, 2.75) is 73.5 Å². The minimum atomic E-state index is -2.40. The summed E-state index contributed by atoms with van der Waals surface area (Å²) in [4.78, 5) is 9.51. The van der Waals surface area contributed by atoms with Crippen LogP contribution in [0.15, 0.2) is 158 Å². The predicted octanol–water partition coefficient (Wildman–Crippen LogP) is 16.8. The predicted molar refractivity (Wildman–Crippen MR) is 274 cm³/mol. The maximum absolute atomic E-state index is 8.52. The van der Waals surface area contributed by atoms with Gasteiger partial charge in [-0.25, -0.2) is 0 Å². The Labute approximate surface area is 413 Å². The first-order chi connectivity index (χ1) is 34.2. The third kappa shape index (κ3) is 9.29. The molecule has 0 saturated heterocycles. The Hall–Kier alpha value is -5.97. The first-order valence-electron chi connectivity index (χ1n) is 25.9. The number of rotatable bonds is 9. The van der Waals surface area contributed by atoms with E-state index < -0.39 is 20.1 Å². The number of nitrogens with zero attached hydrogens (tertiary/aromatic N) is 3. The normalized spacial score (nSPS) is 13.9. The van der Waals surface area contributed by atoms with Gasteiger partial charge in [-0.2, -0.15) is 11.3 Å². The quantitative estimate of drug-likeness (QED) is 0.135. The van der Waals surface area contributed by atoms with Crippen LogP contribution in [0.3, 0.4) is 0 Å². The molecule has 10 rings (SSSR count). The summed E-state index contributed by atoms with van der Waals surface area (Å²) >= 11 is 1.62. The van der Waals surface area contributed by atoms with Crippen molar-refractivity contribution in [1.29, 1.82) is 0 Å². The largest absolute Gasteiger partial charge is 0.333 e. The Kier molecular flexibility index (Phi) is 11.0. The van der Waals surface area contributed by atoms with Gasteiger partial charge >= 0.3 is 0 Å². The zero-order chi connectivity index (χ0) is 51.3. The molecule has 0 spiro atoms. The molecule has 0 aliphatic rings. The van der Waals surface area contributed by atoms with Gasteiger partial charge in [0, 0.05) is 47.7 Å². The van der Waals surface area contributed by atoms with Gasteiger partial charge in [-0.3, -0.25) is 4.98 Å². The van der Waals surface area contributed by atoms with Crippen molar-refractivity contribution in [1.82, 2.24) is 14.5 Å². The first-order valence-corrected chi connectivity index (χ1v) is 22.7. The van der Waals surface area contributed by atoms with Crippen LogP contribution in [-0.2, 0) is 26.5 Å². The molecule has 0 amide bonds. The fraction of sp³-hybridized carbons (Fsp3) is 0.200. The molecular formula is C60H55IrN3S-2. The summed E-state index contributed by atoms with van der Waals surface area (Å²) in [6.07, 6.45) is -0.491. The van der Waals surface area contributed by atoms with Gasteiger partial charge in [-0.05, 0) is 116 Å². The second-order valence-corrected chi connectivity index (χ2v) is 18.1. The van der Waals surface area contributed by atoms with E-state index in [2.05, 4.69) is 140 Å². The van der Waals surface area contributed by atoms with Gasteiger partial charge in [0.25, 0.3) is 0 Å². The van der Waals surface area contributed by atoms with E-state index in [1.165, 1.54) is 34.5 Å². The molecule has 0 fully saturated rings. The Bertz CT molecular complexity index is 3530. The molecule has 0 saturated carbocycles. The van der Waals surface area contributed by atoms with Crippen LogP contribution in [0.4, 0.5) is 0 Å². The van der Waals surface area contributed by atoms with Gasteiger partial charge < -0.3 is 9.55 Å². The third-order valence-corrected chi connectivity index (χ3v) is 12.7. The standard InChI is InChI=1S/C44H37N2S.C16H18N.Ir/c1-27(2)36-24-33(31-16-10-7-11-17-31)25-37(28(3)4)42(36)46-39-19-13-12-18-38(39)45-44(46)35-22-20-29(5)41-34-23-21-32(26-40(34)47-43(35)41)30-14-8-6-9-15-30;1-12(2)9-15-10-16(17-11-13(15)3)14-7-5-4-6-8-14;/h6-21,23-28H,1-5H3;4-7,10-12H,9H2,1-3H3;/q2*-1;/i5D3;3D3,9D2;. The number of hydrogen-bond acceptors (Lipinski definition) is 3. The second-order valence-electron chi connectivity index (χ2n) is 17.1. The number of imidazole rings is 1. The van der Waals surface area contributed by atoms with Gasteiger partial charge in [-0.15, -0.1) is 53.6 Å². The fourth-order valence-corrected chi connectivity index (χ4v) is 9.68. The van der Waals surface area contributed by atoms with Crippen molar-refractivity contribution < 1.29 is 31.1 Å². The Morgan fingerprint density at radius 2 is 1.34 bits per heavy atom. The van der Waals surface area contributed by atoms with Crippen LogP contribution < -0.4 is 0 Å². The minimum Gasteiger partial charge on any atom is -0.333 e. The maximum atomic E-state index is 8.52. The summed E-state index contributed by atoms with van der Waals surface area (Å²) in [5, 5.41) is 1.69. The third-order valence-electron chi connectivity index (χ3n) is 11.5. The number of aromatic nitrogens is 3. The number of hydrogen-bond donors (Lipinski definition) is 0. The average molecular weight is 1050 g/mol. The molecule has 327 valence electrons. The zero-order valence-electron chi connectivity index (χ0n) is 45.3. The van der Waals surface area contributed by atoms with Crippen LogP contribution in [0, 0.1) is 31.8 Å². The van der Waals surface area contributed by atoms with Crippen LogP contribution in [0.25, 0.3) is 81.8 Å². The number of para-hydroxylation sites is 2. The molecule has 7 aromatic carbocycles. The molecule has 10 aromatic rings. The second kappa shape index (κ2) is 19.6. The number of thiophene rings is 1. The van der Waals surface area contributed by atoms with Gasteiger partial charge in [0.1, 0.15) is 0 Å². The first kappa shape index (κ1) is 36.3. The summed E-state index contributed by atoms with van der Waals surface area (Å²) < 4.78 is 69.3. The molecule has 0 aliphatic heterocycles. The van der Waals surface area contributed by atoms with Crippen molar-refractivity contribution in [3.05, 3.63) is 198 Å². The number of fused-ring (bicyclic) bond motifs is 4. The van der Waals surface area contributed by atoms with E-state index in [4.69, 9.17) is 16.0 Å². The Morgan fingerprint density at radius 3 is 1.98 bits per heavy atom. The molecule has 0 N–H and O–H groups in total. The molecule has 5 heteroatoms. The van der Waals surface area contributed by atoms with Crippen LogP contribution in [0.2, 0.25) is 0 Å². The van der Waals surface area contributed by atoms with Crippen LogP contribution >= 0.6 is 11.3 Å². The minimum absolute atomic E-state index is 0. The van der Waals surface area contributed by atoms with E-state index in [0.717, 1.165) is 59.4 Å². The zero-order valence-corrected chi connectivity index (χ0v) is 40.5. The van der Waals surface area contributed by atoms with Gasteiger partial charge in [0.2, 0.25) is 0 Å². The average Bonchev–Trinajstić information content (AvgIpc) is 3.94. The summed E-state index contributed by atoms with van der Waals surface area (Å²) in [5.41, 5.74) is 12.6. The van der Waals surface area contributed by atoms with Crippen molar-refractivity contribution in [3.63, 3.8) is 0 Å². The monoisotopic (exact) mass is 1050 g/mol. The van der Waals surface area contributed by atoms with Crippen molar-refractivity contribution in [3.8, 4) is 50.6 Å². The molecule has 0 unspecified atom stereocenters. The Morgan fingerprint density at radius 1 is 0.677 bits per heavy atom. The fourth-order valence-electron chi connectivity index (χ4n) is 8.42. The molecule has 3 aromatic heterocycles. The summed E-state index contributed by atoms with van der Waals surface area (Å²) in [5.74, 6) is 0.855. The topological polar surface area (TPSA) is 30.7 Å². The van der Waals surface area contributed by atoms with E-state index in [0.29, 0.717) is 16.8 Å². The number of aryl methyl sites for hydroxylation is 2.